The highest BCUT2D eigenvalue weighted by atomic mass is 32.2. The van der Waals surface area contributed by atoms with Gasteiger partial charge in [-0.15, -0.1) is 10.2 Å². The largest absolute Gasteiger partial charge is 0.496 e. The molecular formula is C26H29N5O5S. The summed E-state index contributed by atoms with van der Waals surface area (Å²) in [5.74, 6) is 1.37. The standard InChI is InChI=1S/C26H29N5O5S/c1-35-24-5-3-2-4-22(24)23-10-11-25(28-27-23)29-12-14-30(15-13-29)26(32)20-6-8-21(9-7-20)37(33,34)31-16-18-36-19-17-31/h2-11H,12-19H2,1H3. The maximum absolute atomic E-state index is 13.1. The molecule has 1 amide bonds. The second-order valence-electron chi connectivity index (χ2n) is 8.80. The Labute approximate surface area is 216 Å². The second-order valence-corrected chi connectivity index (χ2v) is 10.7. The van der Waals surface area contributed by atoms with E-state index >= 15 is 0 Å². The van der Waals surface area contributed by atoms with Crippen molar-refractivity contribution in [3.63, 3.8) is 0 Å². The average Bonchev–Trinajstić information content (AvgIpc) is 2.97. The van der Waals surface area contributed by atoms with Gasteiger partial charge >= 0.3 is 0 Å². The van der Waals surface area contributed by atoms with Gasteiger partial charge in [-0.3, -0.25) is 4.79 Å². The van der Waals surface area contributed by atoms with Crippen LogP contribution >= 0.6 is 0 Å². The molecule has 11 heteroatoms. The predicted octanol–water partition coefficient (Wildman–Crippen LogP) is 2.14. The number of hydrogen-bond acceptors (Lipinski definition) is 8. The minimum absolute atomic E-state index is 0.118. The van der Waals surface area contributed by atoms with E-state index in [1.165, 1.54) is 16.4 Å². The molecule has 3 heterocycles. The summed E-state index contributed by atoms with van der Waals surface area (Å²) in [5.41, 5.74) is 2.08. The van der Waals surface area contributed by atoms with E-state index in [0.29, 0.717) is 58.0 Å². The zero-order valence-corrected chi connectivity index (χ0v) is 21.4. The van der Waals surface area contributed by atoms with Crippen molar-refractivity contribution in [2.45, 2.75) is 4.90 Å². The normalized spacial score (nSPS) is 17.0. The van der Waals surface area contributed by atoms with Crippen LogP contribution in [0.25, 0.3) is 11.3 Å². The highest BCUT2D eigenvalue weighted by molar-refractivity contribution is 7.89. The molecule has 0 aliphatic carbocycles. The van der Waals surface area contributed by atoms with Gasteiger partial charge in [0.1, 0.15) is 5.75 Å². The lowest BCUT2D eigenvalue weighted by atomic mass is 10.1. The van der Waals surface area contributed by atoms with Crippen LogP contribution in [-0.2, 0) is 14.8 Å². The molecule has 2 saturated heterocycles. The molecule has 0 saturated carbocycles. The van der Waals surface area contributed by atoms with E-state index in [-0.39, 0.29) is 10.8 Å². The molecule has 2 aliphatic rings. The molecule has 1 aromatic heterocycles. The van der Waals surface area contributed by atoms with Gasteiger partial charge in [-0.1, -0.05) is 12.1 Å². The first-order valence-electron chi connectivity index (χ1n) is 12.2. The third-order valence-corrected chi connectivity index (χ3v) is 8.55. The van der Waals surface area contributed by atoms with E-state index in [9.17, 15) is 13.2 Å². The number of aromatic nitrogens is 2. The van der Waals surface area contributed by atoms with Crippen molar-refractivity contribution < 1.29 is 22.7 Å². The Hall–Kier alpha value is -3.54. The molecule has 0 bridgehead atoms. The van der Waals surface area contributed by atoms with Gasteiger partial charge < -0.3 is 19.3 Å². The minimum Gasteiger partial charge on any atom is -0.496 e. The number of para-hydroxylation sites is 1. The lowest BCUT2D eigenvalue weighted by Crippen LogP contribution is -2.49. The van der Waals surface area contributed by atoms with E-state index in [1.54, 1.807) is 24.1 Å². The number of carbonyl (C=O) groups excluding carboxylic acids is 1. The summed E-state index contributed by atoms with van der Waals surface area (Å²) in [6.45, 7) is 3.75. The molecule has 10 nitrogen and oxygen atoms in total. The van der Waals surface area contributed by atoms with Gasteiger partial charge in [0, 0.05) is 50.4 Å². The minimum atomic E-state index is -3.59. The summed E-state index contributed by atoms with van der Waals surface area (Å²) in [4.78, 5) is 17.1. The fourth-order valence-corrected chi connectivity index (χ4v) is 5.93. The van der Waals surface area contributed by atoms with Gasteiger partial charge in [-0.25, -0.2) is 8.42 Å². The van der Waals surface area contributed by atoms with Crippen LogP contribution in [0.3, 0.4) is 0 Å². The van der Waals surface area contributed by atoms with Crippen LogP contribution in [0.2, 0.25) is 0 Å². The molecule has 0 radical (unpaired) electrons. The molecular weight excluding hydrogens is 494 g/mol. The van der Waals surface area contributed by atoms with Crippen LogP contribution in [0.4, 0.5) is 5.82 Å². The Morgan fingerprint density at radius 3 is 2.22 bits per heavy atom. The van der Waals surface area contributed by atoms with E-state index in [1.807, 2.05) is 36.4 Å². The summed E-state index contributed by atoms with van der Waals surface area (Å²) in [7, 11) is -1.96. The number of hydrogen-bond donors (Lipinski definition) is 0. The summed E-state index contributed by atoms with van der Waals surface area (Å²) in [6, 6.07) is 17.7. The summed E-state index contributed by atoms with van der Waals surface area (Å²) in [5, 5.41) is 8.79. The number of piperazine rings is 1. The lowest BCUT2D eigenvalue weighted by Gasteiger charge is -2.35. The smallest absolute Gasteiger partial charge is 0.253 e. The maximum atomic E-state index is 13.1. The van der Waals surface area contributed by atoms with Gasteiger partial charge in [-0.2, -0.15) is 4.31 Å². The number of morpholine rings is 1. The van der Waals surface area contributed by atoms with Crippen molar-refractivity contribution in [1.82, 2.24) is 19.4 Å². The quantitative estimate of drug-likeness (QED) is 0.484. The second kappa shape index (κ2) is 10.8. The van der Waals surface area contributed by atoms with Crippen LogP contribution in [0, 0.1) is 0 Å². The fourth-order valence-electron chi connectivity index (χ4n) is 4.52. The molecule has 194 valence electrons. The average molecular weight is 524 g/mol. The fraction of sp³-hybridized carbons (Fsp3) is 0.346. The number of sulfonamides is 1. The van der Waals surface area contributed by atoms with Gasteiger partial charge in [0.25, 0.3) is 5.91 Å². The summed E-state index contributed by atoms with van der Waals surface area (Å²) in [6.07, 6.45) is 0. The molecule has 2 aromatic carbocycles. The molecule has 2 fully saturated rings. The van der Waals surface area contributed by atoms with Crippen LogP contribution in [0.5, 0.6) is 5.75 Å². The third kappa shape index (κ3) is 5.29. The monoisotopic (exact) mass is 523 g/mol. The Morgan fingerprint density at radius 1 is 0.865 bits per heavy atom. The lowest BCUT2D eigenvalue weighted by molar-refractivity contribution is 0.0730. The van der Waals surface area contributed by atoms with Crippen molar-refractivity contribution >= 4 is 21.7 Å². The first-order valence-corrected chi connectivity index (χ1v) is 13.6. The molecule has 2 aliphatic heterocycles. The predicted molar refractivity (Wildman–Crippen MR) is 138 cm³/mol. The topological polar surface area (TPSA) is 105 Å². The maximum Gasteiger partial charge on any atom is 0.253 e. The number of amides is 1. The van der Waals surface area contributed by atoms with Gasteiger partial charge in [0.15, 0.2) is 5.82 Å². The number of anilines is 1. The molecule has 0 atom stereocenters. The Balaban J connectivity index is 1.20. The van der Waals surface area contributed by atoms with Crippen LogP contribution in [-0.4, -0.2) is 93.3 Å². The number of benzene rings is 2. The van der Waals surface area contributed by atoms with Crippen molar-refractivity contribution in [3.8, 4) is 17.0 Å². The Bertz CT molecular complexity index is 1330. The van der Waals surface area contributed by atoms with Crippen LogP contribution in [0.1, 0.15) is 10.4 Å². The van der Waals surface area contributed by atoms with E-state index in [0.717, 1.165) is 22.8 Å². The Kier molecular flexibility index (Phi) is 7.36. The van der Waals surface area contributed by atoms with Crippen molar-refractivity contribution in [1.29, 1.82) is 0 Å². The molecule has 5 rings (SSSR count). The van der Waals surface area contributed by atoms with E-state index in [2.05, 4.69) is 15.1 Å². The third-order valence-electron chi connectivity index (χ3n) is 6.63. The molecule has 3 aromatic rings. The highest BCUT2D eigenvalue weighted by Gasteiger charge is 2.27. The van der Waals surface area contributed by atoms with Crippen molar-refractivity contribution in [2.24, 2.45) is 0 Å². The number of ether oxygens (including phenoxy) is 2. The number of rotatable bonds is 6. The van der Waals surface area contributed by atoms with Gasteiger partial charge in [-0.05, 0) is 48.5 Å². The molecule has 0 spiro atoms. The first-order chi connectivity index (χ1) is 18.0. The summed E-state index contributed by atoms with van der Waals surface area (Å²) < 4.78 is 37.7. The van der Waals surface area contributed by atoms with Crippen LogP contribution in [0.15, 0.2) is 65.6 Å². The van der Waals surface area contributed by atoms with Crippen molar-refractivity contribution in [2.75, 3.05) is 64.5 Å². The van der Waals surface area contributed by atoms with E-state index in [4.69, 9.17) is 9.47 Å². The van der Waals surface area contributed by atoms with Gasteiger partial charge in [0.05, 0.1) is 30.9 Å². The Morgan fingerprint density at radius 2 is 1.57 bits per heavy atom. The number of methoxy groups -OCH3 is 1. The SMILES string of the molecule is COc1ccccc1-c1ccc(N2CCN(C(=O)c3ccc(S(=O)(=O)N4CCOCC4)cc3)CC2)nn1. The highest BCUT2D eigenvalue weighted by Crippen LogP contribution is 2.28. The molecule has 37 heavy (non-hydrogen) atoms. The zero-order valence-electron chi connectivity index (χ0n) is 20.6. The number of nitrogens with zero attached hydrogens (tertiary/aromatic N) is 5. The van der Waals surface area contributed by atoms with E-state index < -0.39 is 10.0 Å². The molecule has 0 unspecified atom stereocenters. The van der Waals surface area contributed by atoms with Crippen LogP contribution < -0.4 is 9.64 Å². The first kappa shape index (κ1) is 25.1. The van der Waals surface area contributed by atoms with Crippen molar-refractivity contribution in [3.05, 3.63) is 66.2 Å². The van der Waals surface area contributed by atoms with Gasteiger partial charge in [0.2, 0.25) is 10.0 Å². The zero-order chi connectivity index (χ0) is 25.8. The molecule has 0 N–H and O–H groups in total. The summed E-state index contributed by atoms with van der Waals surface area (Å²) >= 11 is 0. The number of carbonyl (C=O) groups is 1.